The Morgan fingerprint density at radius 1 is 1.50 bits per heavy atom. The van der Waals surface area contributed by atoms with E-state index in [-0.39, 0.29) is 0 Å². The smallest absolute Gasteiger partial charge is 0.0279 e. The molecule has 0 aliphatic rings. The van der Waals surface area contributed by atoms with Crippen molar-refractivity contribution in [2.75, 3.05) is 0 Å². The van der Waals surface area contributed by atoms with Gasteiger partial charge >= 0.3 is 0 Å². The SMILES string of the molecule is C=CC(=C\C)/C(C)=C\CC. The highest BCUT2D eigenvalue weighted by atomic mass is 14.0. The zero-order chi connectivity index (χ0) is 7.98. The third-order valence-electron chi connectivity index (χ3n) is 1.50. The Labute approximate surface area is 64.0 Å². The van der Waals surface area contributed by atoms with Crippen LogP contribution in [0.25, 0.3) is 0 Å². The molecule has 0 heterocycles. The molecule has 0 saturated carbocycles. The number of rotatable bonds is 3. The maximum atomic E-state index is 3.73. The summed E-state index contributed by atoms with van der Waals surface area (Å²) < 4.78 is 0. The van der Waals surface area contributed by atoms with Gasteiger partial charge in [-0.3, -0.25) is 0 Å². The van der Waals surface area contributed by atoms with Gasteiger partial charge in [-0.15, -0.1) is 0 Å². The van der Waals surface area contributed by atoms with Crippen LogP contribution in [0.2, 0.25) is 0 Å². The van der Waals surface area contributed by atoms with E-state index in [0.29, 0.717) is 0 Å². The van der Waals surface area contributed by atoms with E-state index < -0.39 is 0 Å². The van der Waals surface area contributed by atoms with Crippen molar-refractivity contribution in [3.8, 4) is 0 Å². The minimum Gasteiger partial charge on any atom is -0.0985 e. The molecule has 0 amide bonds. The first-order valence-electron chi connectivity index (χ1n) is 3.72. The van der Waals surface area contributed by atoms with Crippen LogP contribution in [0.5, 0.6) is 0 Å². The van der Waals surface area contributed by atoms with Gasteiger partial charge in [0.1, 0.15) is 0 Å². The molecule has 0 rings (SSSR count). The summed E-state index contributed by atoms with van der Waals surface area (Å²) in [6, 6.07) is 0. The van der Waals surface area contributed by atoms with E-state index in [9.17, 15) is 0 Å². The second-order valence-electron chi connectivity index (χ2n) is 2.24. The summed E-state index contributed by atoms with van der Waals surface area (Å²) in [7, 11) is 0. The van der Waals surface area contributed by atoms with Crippen molar-refractivity contribution in [3.05, 3.63) is 36.0 Å². The minimum absolute atomic E-state index is 1.09. The van der Waals surface area contributed by atoms with Crippen LogP contribution in [-0.4, -0.2) is 0 Å². The molecule has 0 aromatic rings. The van der Waals surface area contributed by atoms with Gasteiger partial charge in [0.15, 0.2) is 0 Å². The number of hydrogen-bond donors (Lipinski definition) is 0. The summed E-state index contributed by atoms with van der Waals surface area (Å²) in [5.41, 5.74) is 2.56. The quantitative estimate of drug-likeness (QED) is 0.521. The Hall–Kier alpha value is -0.780. The summed E-state index contributed by atoms with van der Waals surface area (Å²) in [5.74, 6) is 0. The lowest BCUT2D eigenvalue weighted by atomic mass is 10.1. The first-order chi connectivity index (χ1) is 4.76. The molecule has 0 saturated heterocycles. The van der Waals surface area contributed by atoms with Crippen LogP contribution < -0.4 is 0 Å². The van der Waals surface area contributed by atoms with E-state index in [1.54, 1.807) is 0 Å². The van der Waals surface area contributed by atoms with Crippen molar-refractivity contribution >= 4 is 0 Å². The molecular weight excluding hydrogens is 120 g/mol. The van der Waals surface area contributed by atoms with Gasteiger partial charge in [0.2, 0.25) is 0 Å². The van der Waals surface area contributed by atoms with Gasteiger partial charge in [-0.25, -0.2) is 0 Å². The van der Waals surface area contributed by atoms with E-state index in [1.165, 1.54) is 11.1 Å². The van der Waals surface area contributed by atoms with Crippen LogP contribution in [0.4, 0.5) is 0 Å². The van der Waals surface area contributed by atoms with E-state index in [4.69, 9.17) is 0 Å². The molecule has 0 fully saturated rings. The lowest BCUT2D eigenvalue weighted by Gasteiger charge is -1.98. The topological polar surface area (TPSA) is 0 Å². The van der Waals surface area contributed by atoms with Crippen molar-refractivity contribution in [2.45, 2.75) is 27.2 Å². The summed E-state index contributed by atoms with van der Waals surface area (Å²) in [6.45, 7) is 10.0. The zero-order valence-corrected chi connectivity index (χ0v) is 7.15. The Morgan fingerprint density at radius 3 is 2.40 bits per heavy atom. The van der Waals surface area contributed by atoms with Crippen LogP contribution in [-0.2, 0) is 0 Å². The van der Waals surface area contributed by atoms with Crippen molar-refractivity contribution in [1.29, 1.82) is 0 Å². The third kappa shape index (κ3) is 2.67. The van der Waals surface area contributed by atoms with E-state index in [2.05, 4.69) is 32.6 Å². The summed E-state index contributed by atoms with van der Waals surface area (Å²) in [6.07, 6.45) is 7.27. The predicted octanol–water partition coefficient (Wildman–Crippen LogP) is 3.48. The monoisotopic (exact) mass is 136 g/mol. The molecule has 10 heavy (non-hydrogen) atoms. The summed E-state index contributed by atoms with van der Waals surface area (Å²) in [4.78, 5) is 0. The Morgan fingerprint density at radius 2 is 2.10 bits per heavy atom. The molecule has 0 atom stereocenters. The molecular formula is C10H16. The average molecular weight is 136 g/mol. The second-order valence-corrected chi connectivity index (χ2v) is 2.24. The maximum absolute atomic E-state index is 3.73. The Bertz CT molecular complexity index is 159. The molecule has 0 N–H and O–H groups in total. The highest BCUT2D eigenvalue weighted by Gasteiger charge is 1.89. The van der Waals surface area contributed by atoms with E-state index in [0.717, 1.165) is 6.42 Å². The first-order valence-corrected chi connectivity index (χ1v) is 3.72. The second kappa shape index (κ2) is 5.04. The molecule has 0 aliphatic heterocycles. The average Bonchev–Trinajstić information content (AvgIpc) is 1.91. The minimum atomic E-state index is 1.09. The molecule has 0 spiro atoms. The molecule has 0 radical (unpaired) electrons. The molecule has 0 aliphatic carbocycles. The Balaban J connectivity index is 4.30. The molecule has 0 aromatic heterocycles. The number of allylic oxidation sites excluding steroid dienone is 5. The normalized spacial score (nSPS) is 13.5. The first kappa shape index (κ1) is 9.22. The highest BCUT2D eigenvalue weighted by molar-refractivity contribution is 5.36. The van der Waals surface area contributed by atoms with Gasteiger partial charge in [-0.1, -0.05) is 31.7 Å². The molecule has 0 unspecified atom stereocenters. The van der Waals surface area contributed by atoms with Gasteiger partial charge in [-0.05, 0) is 31.4 Å². The van der Waals surface area contributed by atoms with E-state index in [1.807, 2.05) is 13.0 Å². The zero-order valence-electron chi connectivity index (χ0n) is 7.15. The molecule has 56 valence electrons. The van der Waals surface area contributed by atoms with Crippen molar-refractivity contribution in [2.24, 2.45) is 0 Å². The molecule has 0 nitrogen and oxygen atoms in total. The number of hydrogen-bond acceptors (Lipinski definition) is 0. The standard InChI is InChI=1S/C10H16/c1-5-8-9(4)10(6-2)7-3/h6-8H,2,5H2,1,3-4H3/b9-8-,10-7+. The van der Waals surface area contributed by atoms with Crippen molar-refractivity contribution in [1.82, 2.24) is 0 Å². The molecule has 0 bridgehead atoms. The van der Waals surface area contributed by atoms with Gasteiger partial charge in [0.05, 0.1) is 0 Å². The van der Waals surface area contributed by atoms with E-state index >= 15 is 0 Å². The fourth-order valence-corrected chi connectivity index (χ4v) is 0.931. The summed E-state index contributed by atoms with van der Waals surface area (Å²) >= 11 is 0. The van der Waals surface area contributed by atoms with Crippen LogP contribution in [0, 0.1) is 0 Å². The van der Waals surface area contributed by atoms with Gasteiger partial charge < -0.3 is 0 Å². The highest BCUT2D eigenvalue weighted by Crippen LogP contribution is 2.09. The van der Waals surface area contributed by atoms with Gasteiger partial charge in [-0.2, -0.15) is 0 Å². The predicted molar refractivity (Wildman–Crippen MR) is 48.0 cm³/mol. The fourth-order valence-electron chi connectivity index (χ4n) is 0.931. The van der Waals surface area contributed by atoms with Gasteiger partial charge in [0.25, 0.3) is 0 Å². The van der Waals surface area contributed by atoms with Crippen LogP contribution in [0.15, 0.2) is 36.0 Å². The van der Waals surface area contributed by atoms with Crippen LogP contribution in [0.3, 0.4) is 0 Å². The fraction of sp³-hybridized carbons (Fsp3) is 0.400. The molecule has 0 heteroatoms. The van der Waals surface area contributed by atoms with Gasteiger partial charge in [0, 0.05) is 0 Å². The Kier molecular flexibility index (Phi) is 4.65. The maximum Gasteiger partial charge on any atom is -0.0279 e. The van der Waals surface area contributed by atoms with Crippen molar-refractivity contribution < 1.29 is 0 Å². The lowest BCUT2D eigenvalue weighted by Crippen LogP contribution is -1.78. The largest absolute Gasteiger partial charge is 0.0985 e. The molecule has 0 aromatic carbocycles. The van der Waals surface area contributed by atoms with Crippen molar-refractivity contribution in [3.63, 3.8) is 0 Å². The summed E-state index contributed by atoms with van der Waals surface area (Å²) in [5, 5.41) is 0. The van der Waals surface area contributed by atoms with Crippen LogP contribution >= 0.6 is 0 Å². The van der Waals surface area contributed by atoms with Crippen LogP contribution in [0.1, 0.15) is 27.2 Å². The lowest BCUT2D eigenvalue weighted by molar-refractivity contribution is 1.19. The third-order valence-corrected chi connectivity index (χ3v) is 1.50.